The lowest BCUT2D eigenvalue weighted by Crippen LogP contribution is -2.47. The van der Waals surface area contributed by atoms with Crippen LogP contribution >= 0.6 is 24.0 Å². The standard InChI is InChI=1S/C22H21ClF2N10.ClH/c23-19-16(7-13(9-26)8-17(19)34-5-3-33(4-6-34)12-18(24)25)30-22-31-20(29-14-1-2-14)21-28-11-15(10-27)35(21)32-22;/h7-8,11,14,18H,1-6,12H2,(H2,29,30,31,32);1H. The number of nitriles is 2. The third-order valence-electron chi connectivity index (χ3n) is 5.93. The van der Waals surface area contributed by atoms with Crippen LogP contribution in [0.4, 0.5) is 31.9 Å². The van der Waals surface area contributed by atoms with Crippen LogP contribution in [0.1, 0.15) is 24.1 Å². The van der Waals surface area contributed by atoms with Gasteiger partial charge in [0.1, 0.15) is 6.07 Å². The van der Waals surface area contributed by atoms with E-state index in [0.29, 0.717) is 65.6 Å². The number of fused-ring (bicyclic) bond motifs is 1. The molecule has 0 spiro atoms. The quantitative estimate of drug-likeness (QED) is 0.467. The molecule has 0 bridgehead atoms. The number of hydrogen-bond acceptors (Lipinski definition) is 9. The maximum absolute atomic E-state index is 12.7. The highest BCUT2D eigenvalue weighted by molar-refractivity contribution is 6.36. The third-order valence-corrected chi connectivity index (χ3v) is 6.33. The van der Waals surface area contributed by atoms with Crippen LogP contribution in [-0.2, 0) is 0 Å². The molecule has 1 aliphatic heterocycles. The summed E-state index contributed by atoms with van der Waals surface area (Å²) in [7, 11) is 0. The number of imidazole rings is 1. The maximum atomic E-state index is 12.7. The van der Waals surface area contributed by atoms with Crippen LogP contribution in [0, 0.1) is 22.7 Å². The summed E-state index contributed by atoms with van der Waals surface area (Å²) >= 11 is 6.74. The van der Waals surface area contributed by atoms with Gasteiger partial charge in [-0.3, -0.25) is 4.90 Å². The van der Waals surface area contributed by atoms with E-state index in [2.05, 4.69) is 37.8 Å². The fourth-order valence-electron chi connectivity index (χ4n) is 4.01. The minimum atomic E-state index is -2.38. The number of alkyl halides is 2. The van der Waals surface area contributed by atoms with Crippen LogP contribution in [0.25, 0.3) is 5.65 Å². The number of hydrogen-bond donors (Lipinski definition) is 2. The summed E-state index contributed by atoms with van der Waals surface area (Å²) in [6.07, 6.45) is 1.10. The molecule has 1 saturated carbocycles. The third kappa shape index (κ3) is 5.36. The molecule has 0 amide bonds. The second-order valence-corrected chi connectivity index (χ2v) is 8.84. The van der Waals surface area contributed by atoms with Gasteiger partial charge in [-0.25, -0.2) is 13.8 Å². The van der Waals surface area contributed by atoms with E-state index in [0.717, 1.165) is 12.8 Å². The Morgan fingerprint density at radius 2 is 1.89 bits per heavy atom. The Hall–Kier alpha value is -3.45. The number of anilines is 4. The van der Waals surface area contributed by atoms with Crippen molar-refractivity contribution in [3.63, 3.8) is 0 Å². The molecule has 3 aromatic rings. The zero-order valence-corrected chi connectivity index (χ0v) is 20.5. The number of benzene rings is 1. The Balaban J connectivity index is 0.00000304. The van der Waals surface area contributed by atoms with Crippen molar-refractivity contribution in [1.29, 1.82) is 10.5 Å². The fraction of sp³-hybridized carbons (Fsp3) is 0.409. The number of rotatable bonds is 7. The number of halogens is 4. The summed E-state index contributed by atoms with van der Waals surface area (Å²) in [5.41, 5.74) is 2.12. The smallest absolute Gasteiger partial charge is 0.251 e. The van der Waals surface area contributed by atoms with E-state index in [9.17, 15) is 19.3 Å². The summed E-state index contributed by atoms with van der Waals surface area (Å²) in [5, 5.41) is 30.2. The number of nitrogens with zero attached hydrogens (tertiary/aromatic N) is 8. The van der Waals surface area contributed by atoms with Crippen LogP contribution in [0.15, 0.2) is 18.3 Å². The Labute approximate surface area is 216 Å². The number of aromatic nitrogens is 4. The Bertz CT molecular complexity index is 1340. The molecule has 10 nitrogen and oxygen atoms in total. The molecule has 2 N–H and O–H groups in total. The SMILES string of the molecule is Cl.N#Cc1cc(Nc2nc(NC3CC3)c3ncc(C#N)n3n2)c(Cl)c(N2CCN(CC(F)F)CC2)c1. The maximum Gasteiger partial charge on any atom is 0.251 e. The van der Waals surface area contributed by atoms with Gasteiger partial charge in [0.2, 0.25) is 5.95 Å². The average Bonchev–Trinajstić information content (AvgIpc) is 3.56. The van der Waals surface area contributed by atoms with Gasteiger partial charge in [-0.1, -0.05) is 11.6 Å². The molecule has 2 aliphatic rings. The van der Waals surface area contributed by atoms with Crippen molar-refractivity contribution < 1.29 is 8.78 Å². The lowest BCUT2D eigenvalue weighted by Gasteiger charge is -2.36. The van der Waals surface area contributed by atoms with Crippen molar-refractivity contribution in [2.24, 2.45) is 0 Å². The minimum absolute atomic E-state index is 0. The molecular weight excluding hydrogens is 513 g/mol. The van der Waals surface area contributed by atoms with Crippen molar-refractivity contribution in [2.45, 2.75) is 25.3 Å². The minimum Gasteiger partial charge on any atom is -0.368 e. The van der Waals surface area contributed by atoms with Gasteiger partial charge in [-0.2, -0.15) is 20.0 Å². The highest BCUT2D eigenvalue weighted by Gasteiger charge is 2.25. The van der Waals surface area contributed by atoms with Crippen LogP contribution < -0.4 is 15.5 Å². The predicted octanol–water partition coefficient (Wildman–Crippen LogP) is 3.65. The van der Waals surface area contributed by atoms with Gasteiger partial charge in [-0.05, 0) is 25.0 Å². The molecule has 188 valence electrons. The van der Waals surface area contributed by atoms with Gasteiger partial charge in [0.05, 0.1) is 40.8 Å². The highest BCUT2D eigenvalue weighted by atomic mass is 35.5. The zero-order chi connectivity index (χ0) is 24.5. The number of nitrogens with one attached hydrogen (secondary N) is 2. The Kier molecular flexibility index (Phi) is 7.59. The Morgan fingerprint density at radius 1 is 1.14 bits per heavy atom. The molecule has 0 unspecified atom stereocenters. The molecule has 3 heterocycles. The van der Waals surface area contributed by atoms with Crippen LogP contribution in [0.3, 0.4) is 0 Å². The van der Waals surface area contributed by atoms with E-state index in [1.807, 2.05) is 4.90 Å². The molecule has 36 heavy (non-hydrogen) atoms. The van der Waals surface area contributed by atoms with Gasteiger partial charge in [0.15, 0.2) is 17.2 Å². The lowest BCUT2D eigenvalue weighted by molar-refractivity contribution is 0.0854. The van der Waals surface area contributed by atoms with E-state index < -0.39 is 6.43 Å². The Morgan fingerprint density at radius 3 is 2.53 bits per heavy atom. The second-order valence-electron chi connectivity index (χ2n) is 8.47. The molecule has 5 rings (SSSR count). The molecule has 0 atom stereocenters. The molecule has 14 heteroatoms. The van der Waals surface area contributed by atoms with Gasteiger partial charge >= 0.3 is 0 Å². The summed E-state index contributed by atoms with van der Waals surface area (Å²) in [6, 6.07) is 7.78. The topological polar surface area (TPSA) is 121 Å². The molecule has 0 radical (unpaired) electrons. The number of piperazine rings is 1. The molecular formula is C22H22Cl2F2N10. The first-order chi connectivity index (χ1) is 16.9. The van der Waals surface area contributed by atoms with Crippen molar-refractivity contribution in [2.75, 3.05) is 48.3 Å². The molecule has 1 aromatic carbocycles. The van der Waals surface area contributed by atoms with Crippen molar-refractivity contribution in [3.05, 3.63) is 34.6 Å². The monoisotopic (exact) mass is 534 g/mol. The largest absolute Gasteiger partial charge is 0.368 e. The van der Waals surface area contributed by atoms with E-state index in [4.69, 9.17) is 11.6 Å². The van der Waals surface area contributed by atoms with E-state index in [1.54, 1.807) is 17.0 Å². The molecule has 1 aliphatic carbocycles. The van der Waals surface area contributed by atoms with Crippen LogP contribution in [-0.4, -0.2) is 69.7 Å². The molecule has 2 fully saturated rings. The normalized spacial score (nSPS) is 15.9. The van der Waals surface area contributed by atoms with Crippen LogP contribution in [0.5, 0.6) is 0 Å². The second kappa shape index (κ2) is 10.7. The lowest BCUT2D eigenvalue weighted by atomic mass is 10.1. The summed E-state index contributed by atoms with van der Waals surface area (Å²) < 4.78 is 26.9. The first kappa shape index (κ1) is 25.6. The summed E-state index contributed by atoms with van der Waals surface area (Å²) in [4.78, 5) is 12.5. The molecule has 2 aromatic heterocycles. The van der Waals surface area contributed by atoms with E-state index in [1.165, 1.54) is 10.7 Å². The first-order valence-corrected chi connectivity index (χ1v) is 11.5. The van der Waals surface area contributed by atoms with E-state index in [-0.39, 0.29) is 30.6 Å². The fourth-order valence-corrected chi connectivity index (χ4v) is 4.29. The first-order valence-electron chi connectivity index (χ1n) is 11.1. The average molecular weight is 535 g/mol. The van der Waals surface area contributed by atoms with Gasteiger partial charge in [0, 0.05) is 32.2 Å². The van der Waals surface area contributed by atoms with Crippen molar-refractivity contribution in [3.8, 4) is 12.1 Å². The van der Waals surface area contributed by atoms with Gasteiger partial charge in [-0.15, -0.1) is 17.5 Å². The van der Waals surface area contributed by atoms with Crippen molar-refractivity contribution >= 4 is 52.8 Å². The van der Waals surface area contributed by atoms with Gasteiger partial charge < -0.3 is 15.5 Å². The molecule has 1 saturated heterocycles. The highest BCUT2D eigenvalue weighted by Crippen LogP contribution is 2.36. The zero-order valence-electron chi connectivity index (χ0n) is 19.0. The van der Waals surface area contributed by atoms with Gasteiger partial charge in [0.25, 0.3) is 6.43 Å². The van der Waals surface area contributed by atoms with E-state index >= 15 is 0 Å². The summed E-state index contributed by atoms with van der Waals surface area (Å²) in [5.74, 6) is 0.675. The predicted molar refractivity (Wildman–Crippen MR) is 133 cm³/mol. The van der Waals surface area contributed by atoms with Crippen molar-refractivity contribution in [1.82, 2.24) is 24.5 Å². The van der Waals surface area contributed by atoms with Crippen LogP contribution in [0.2, 0.25) is 5.02 Å². The summed E-state index contributed by atoms with van der Waals surface area (Å²) in [6.45, 7) is 1.67.